The normalized spacial score (nSPS) is 19.2. The number of ether oxygens (including phenoxy) is 1. The van der Waals surface area contributed by atoms with E-state index in [9.17, 15) is 13.5 Å². The summed E-state index contributed by atoms with van der Waals surface area (Å²) >= 11 is 0. The monoisotopic (exact) mass is 285 g/mol. The standard InChI is InChI=1S/C13H19NO4S/c15-11-13(6-8-18-9-7-13)10-14-19(16,17)12-4-2-1-3-5-12/h1-5,14-15H,6-11H2. The van der Waals surface area contributed by atoms with Gasteiger partial charge in [0.25, 0.3) is 0 Å². The summed E-state index contributed by atoms with van der Waals surface area (Å²) in [6.45, 7) is 1.33. The molecule has 0 unspecified atom stereocenters. The predicted octanol–water partition coefficient (Wildman–Crippen LogP) is 0.754. The second kappa shape index (κ2) is 6.00. The van der Waals surface area contributed by atoms with Crippen LogP contribution in [0.3, 0.4) is 0 Å². The van der Waals surface area contributed by atoms with Crippen LogP contribution in [-0.4, -0.2) is 39.9 Å². The van der Waals surface area contributed by atoms with Crippen LogP contribution in [0, 0.1) is 5.41 Å². The summed E-state index contributed by atoms with van der Waals surface area (Å²) in [7, 11) is -3.51. The van der Waals surface area contributed by atoms with E-state index in [0.717, 1.165) is 0 Å². The van der Waals surface area contributed by atoms with Crippen LogP contribution in [0.5, 0.6) is 0 Å². The van der Waals surface area contributed by atoms with E-state index in [1.807, 2.05) is 0 Å². The lowest BCUT2D eigenvalue weighted by molar-refractivity contribution is -0.0126. The molecule has 2 N–H and O–H groups in total. The molecular weight excluding hydrogens is 266 g/mol. The van der Waals surface area contributed by atoms with E-state index < -0.39 is 15.4 Å². The van der Waals surface area contributed by atoms with Crippen molar-refractivity contribution in [2.24, 2.45) is 5.41 Å². The number of aliphatic hydroxyl groups is 1. The molecular formula is C13H19NO4S. The average Bonchev–Trinajstić information content (AvgIpc) is 2.47. The van der Waals surface area contributed by atoms with E-state index in [0.29, 0.717) is 26.1 Å². The molecule has 0 radical (unpaired) electrons. The summed E-state index contributed by atoms with van der Waals surface area (Å²) in [5.41, 5.74) is -0.403. The molecule has 1 aliphatic heterocycles. The predicted molar refractivity (Wildman–Crippen MR) is 71.2 cm³/mol. The summed E-state index contributed by atoms with van der Waals surface area (Å²) in [5, 5.41) is 9.52. The number of aliphatic hydroxyl groups excluding tert-OH is 1. The van der Waals surface area contributed by atoms with Crippen molar-refractivity contribution in [2.45, 2.75) is 17.7 Å². The average molecular weight is 285 g/mol. The maximum absolute atomic E-state index is 12.1. The molecule has 1 heterocycles. The number of hydrogen-bond acceptors (Lipinski definition) is 4. The van der Waals surface area contributed by atoms with Gasteiger partial charge in [0.15, 0.2) is 0 Å². The fourth-order valence-electron chi connectivity index (χ4n) is 2.13. The zero-order valence-corrected chi connectivity index (χ0v) is 11.5. The Kier molecular flexibility index (Phi) is 4.57. The Labute approximate surface area is 113 Å². The van der Waals surface area contributed by atoms with Gasteiger partial charge in [0.1, 0.15) is 0 Å². The molecule has 1 saturated heterocycles. The third-order valence-electron chi connectivity index (χ3n) is 3.58. The Hall–Kier alpha value is -0.950. The lowest BCUT2D eigenvalue weighted by atomic mass is 9.81. The molecule has 5 nitrogen and oxygen atoms in total. The first-order valence-electron chi connectivity index (χ1n) is 6.31. The molecule has 0 saturated carbocycles. The quantitative estimate of drug-likeness (QED) is 0.837. The lowest BCUT2D eigenvalue weighted by Crippen LogP contribution is -2.43. The van der Waals surface area contributed by atoms with Crippen LogP contribution in [0.1, 0.15) is 12.8 Å². The Morgan fingerprint density at radius 2 is 1.84 bits per heavy atom. The number of benzene rings is 1. The van der Waals surface area contributed by atoms with Crippen molar-refractivity contribution < 1.29 is 18.3 Å². The van der Waals surface area contributed by atoms with Gasteiger partial charge in [0.05, 0.1) is 11.5 Å². The highest BCUT2D eigenvalue weighted by Gasteiger charge is 2.33. The molecule has 106 valence electrons. The van der Waals surface area contributed by atoms with E-state index in [-0.39, 0.29) is 18.0 Å². The molecule has 0 amide bonds. The summed E-state index contributed by atoms with van der Waals surface area (Å²) in [6.07, 6.45) is 1.33. The summed E-state index contributed by atoms with van der Waals surface area (Å²) in [6, 6.07) is 8.25. The first kappa shape index (κ1) is 14.5. The van der Waals surface area contributed by atoms with E-state index in [1.165, 1.54) is 0 Å². The molecule has 1 aliphatic rings. The van der Waals surface area contributed by atoms with Crippen LogP contribution in [0.2, 0.25) is 0 Å². The second-order valence-corrected chi connectivity index (χ2v) is 6.68. The van der Waals surface area contributed by atoms with Crippen LogP contribution in [-0.2, 0) is 14.8 Å². The van der Waals surface area contributed by atoms with Gasteiger partial charge in [-0.1, -0.05) is 18.2 Å². The number of hydrogen-bond donors (Lipinski definition) is 2. The number of sulfonamides is 1. The van der Waals surface area contributed by atoms with Gasteiger partial charge in [-0.3, -0.25) is 0 Å². The zero-order valence-electron chi connectivity index (χ0n) is 10.7. The minimum atomic E-state index is -3.51. The van der Waals surface area contributed by atoms with Crippen LogP contribution in [0.4, 0.5) is 0 Å². The highest BCUT2D eigenvalue weighted by Crippen LogP contribution is 2.29. The van der Waals surface area contributed by atoms with Gasteiger partial charge in [-0.2, -0.15) is 0 Å². The smallest absolute Gasteiger partial charge is 0.240 e. The Balaban J connectivity index is 2.05. The zero-order chi connectivity index (χ0) is 13.8. The Morgan fingerprint density at radius 1 is 1.21 bits per heavy atom. The Morgan fingerprint density at radius 3 is 2.42 bits per heavy atom. The van der Waals surface area contributed by atoms with Crippen molar-refractivity contribution in [1.29, 1.82) is 0 Å². The van der Waals surface area contributed by atoms with Gasteiger partial charge in [0, 0.05) is 25.2 Å². The molecule has 0 atom stereocenters. The molecule has 1 fully saturated rings. The van der Waals surface area contributed by atoms with Crippen molar-refractivity contribution in [3.05, 3.63) is 30.3 Å². The van der Waals surface area contributed by atoms with Crippen LogP contribution in [0.25, 0.3) is 0 Å². The second-order valence-electron chi connectivity index (χ2n) is 4.91. The topological polar surface area (TPSA) is 75.6 Å². The van der Waals surface area contributed by atoms with Crippen molar-refractivity contribution >= 4 is 10.0 Å². The molecule has 19 heavy (non-hydrogen) atoms. The van der Waals surface area contributed by atoms with Crippen LogP contribution >= 0.6 is 0 Å². The van der Waals surface area contributed by atoms with Gasteiger partial charge >= 0.3 is 0 Å². The number of rotatable bonds is 5. The first-order valence-corrected chi connectivity index (χ1v) is 7.80. The maximum atomic E-state index is 12.1. The SMILES string of the molecule is O=S(=O)(NCC1(CO)CCOCC1)c1ccccc1. The van der Waals surface area contributed by atoms with E-state index in [1.54, 1.807) is 30.3 Å². The molecule has 0 bridgehead atoms. The molecule has 1 aromatic rings. The largest absolute Gasteiger partial charge is 0.396 e. The third-order valence-corrected chi connectivity index (χ3v) is 5.00. The first-order chi connectivity index (χ1) is 9.08. The summed E-state index contributed by atoms with van der Waals surface area (Å²) in [5.74, 6) is 0. The van der Waals surface area contributed by atoms with E-state index >= 15 is 0 Å². The molecule has 6 heteroatoms. The molecule has 0 spiro atoms. The molecule has 0 aliphatic carbocycles. The molecule has 1 aromatic carbocycles. The van der Waals surface area contributed by atoms with Crippen molar-refractivity contribution in [3.8, 4) is 0 Å². The van der Waals surface area contributed by atoms with Gasteiger partial charge in [-0.15, -0.1) is 0 Å². The van der Waals surface area contributed by atoms with E-state index in [4.69, 9.17) is 4.74 Å². The van der Waals surface area contributed by atoms with Gasteiger partial charge in [-0.25, -0.2) is 13.1 Å². The molecule has 0 aromatic heterocycles. The van der Waals surface area contributed by atoms with Crippen LogP contribution in [0.15, 0.2) is 35.2 Å². The van der Waals surface area contributed by atoms with Crippen molar-refractivity contribution in [3.63, 3.8) is 0 Å². The van der Waals surface area contributed by atoms with Gasteiger partial charge in [-0.05, 0) is 25.0 Å². The van der Waals surface area contributed by atoms with Gasteiger partial charge in [0.2, 0.25) is 10.0 Å². The Bertz CT molecular complexity index is 495. The fraction of sp³-hybridized carbons (Fsp3) is 0.538. The number of nitrogens with one attached hydrogen (secondary N) is 1. The molecule has 2 rings (SSSR count). The van der Waals surface area contributed by atoms with E-state index in [2.05, 4.69) is 4.72 Å². The van der Waals surface area contributed by atoms with Crippen LogP contribution < -0.4 is 4.72 Å². The third kappa shape index (κ3) is 3.54. The maximum Gasteiger partial charge on any atom is 0.240 e. The van der Waals surface area contributed by atoms with Crippen molar-refractivity contribution in [1.82, 2.24) is 4.72 Å². The highest BCUT2D eigenvalue weighted by molar-refractivity contribution is 7.89. The summed E-state index contributed by atoms with van der Waals surface area (Å²) in [4.78, 5) is 0.246. The highest BCUT2D eigenvalue weighted by atomic mass is 32.2. The minimum Gasteiger partial charge on any atom is -0.396 e. The fourth-order valence-corrected chi connectivity index (χ4v) is 3.30. The van der Waals surface area contributed by atoms with Gasteiger partial charge < -0.3 is 9.84 Å². The lowest BCUT2D eigenvalue weighted by Gasteiger charge is -2.35. The summed E-state index contributed by atoms with van der Waals surface area (Å²) < 4.78 is 32.1. The van der Waals surface area contributed by atoms with Crippen molar-refractivity contribution in [2.75, 3.05) is 26.4 Å². The minimum absolute atomic E-state index is 0.0341.